The second-order valence-corrected chi connectivity index (χ2v) is 7.68. The van der Waals surface area contributed by atoms with Gasteiger partial charge >= 0.3 is 0 Å². The molecule has 7 heteroatoms. The molecule has 1 aliphatic rings. The predicted molar refractivity (Wildman–Crippen MR) is 113 cm³/mol. The summed E-state index contributed by atoms with van der Waals surface area (Å²) in [6, 6.07) is 0. The van der Waals surface area contributed by atoms with E-state index in [1.807, 2.05) is 13.2 Å². The fourth-order valence-electron chi connectivity index (χ4n) is 3.67. The van der Waals surface area contributed by atoms with E-state index >= 15 is 0 Å². The first-order valence-corrected chi connectivity index (χ1v) is 9.38. The summed E-state index contributed by atoms with van der Waals surface area (Å²) in [6.07, 6.45) is 9.25. The van der Waals surface area contributed by atoms with Gasteiger partial charge in [0.25, 0.3) is 0 Å². The standard InChI is InChI=1S/C17H27N5S.HI/c1-4-6-17(2)7-5-8-22(13-17)15(18-3)19-11-14-12-21-9-10-23-16(21)20-14;/h9-10,12H,4-8,11,13H2,1-3H3,(H,18,19);1H. The summed E-state index contributed by atoms with van der Waals surface area (Å²) in [5.41, 5.74) is 1.48. The van der Waals surface area contributed by atoms with Gasteiger partial charge in [0, 0.05) is 37.9 Å². The number of thiazole rings is 1. The molecular weight excluding hydrogens is 433 g/mol. The molecule has 0 saturated carbocycles. The van der Waals surface area contributed by atoms with Crippen LogP contribution in [0.3, 0.4) is 0 Å². The SMILES string of the molecule is CCCC1(C)CCCN(C(=NC)NCc2cn3ccsc3n2)C1.I. The molecule has 1 aliphatic heterocycles. The molecule has 24 heavy (non-hydrogen) atoms. The first kappa shape index (κ1) is 19.5. The smallest absolute Gasteiger partial charge is 0.193 e. The highest BCUT2D eigenvalue weighted by Crippen LogP contribution is 2.33. The van der Waals surface area contributed by atoms with E-state index in [1.54, 1.807) is 11.3 Å². The largest absolute Gasteiger partial charge is 0.351 e. The number of nitrogens with zero attached hydrogens (tertiary/aromatic N) is 4. The molecule has 1 fully saturated rings. The summed E-state index contributed by atoms with van der Waals surface area (Å²) in [5, 5.41) is 5.55. The molecule has 0 aliphatic carbocycles. The van der Waals surface area contributed by atoms with Crippen molar-refractivity contribution in [3.63, 3.8) is 0 Å². The Hall–Kier alpha value is -0.830. The van der Waals surface area contributed by atoms with Crippen molar-refractivity contribution in [2.45, 2.75) is 46.1 Å². The molecule has 3 heterocycles. The summed E-state index contributed by atoms with van der Waals surface area (Å²) in [7, 11) is 1.87. The van der Waals surface area contributed by atoms with Gasteiger partial charge in [-0.05, 0) is 24.7 Å². The summed E-state index contributed by atoms with van der Waals surface area (Å²) < 4.78 is 2.07. The number of aliphatic imine (C=N–C) groups is 1. The Labute approximate surface area is 165 Å². The number of fused-ring (bicyclic) bond motifs is 1. The average molecular weight is 461 g/mol. The van der Waals surface area contributed by atoms with Crippen molar-refractivity contribution < 1.29 is 0 Å². The maximum Gasteiger partial charge on any atom is 0.193 e. The Morgan fingerprint density at radius 3 is 3.04 bits per heavy atom. The van der Waals surface area contributed by atoms with E-state index in [2.05, 4.69) is 50.0 Å². The molecule has 0 radical (unpaired) electrons. The molecule has 3 rings (SSSR count). The second-order valence-electron chi connectivity index (χ2n) is 6.81. The molecule has 1 saturated heterocycles. The van der Waals surface area contributed by atoms with Crippen LogP contribution in [-0.4, -0.2) is 40.4 Å². The normalized spacial score (nSPS) is 21.8. The van der Waals surface area contributed by atoms with Crippen LogP contribution in [0, 0.1) is 5.41 Å². The zero-order valence-corrected chi connectivity index (χ0v) is 17.9. The molecule has 0 spiro atoms. The number of halogens is 1. The predicted octanol–water partition coefficient (Wildman–Crippen LogP) is 3.99. The molecule has 1 N–H and O–H groups in total. The van der Waals surface area contributed by atoms with Crippen LogP contribution in [0.15, 0.2) is 22.8 Å². The third-order valence-electron chi connectivity index (χ3n) is 4.72. The van der Waals surface area contributed by atoms with Gasteiger partial charge in [-0.1, -0.05) is 20.3 Å². The molecular formula is C17H28IN5S. The molecule has 0 amide bonds. The van der Waals surface area contributed by atoms with Crippen LogP contribution < -0.4 is 5.32 Å². The van der Waals surface area contributed by atoms with Crippen LogP contribution >= 0.6 is 35.3 Å². The Balaban J connectivity index is 0.00000208. The van der Waals surface area contributed by atoms with E-state index in [0.29, 0.717) is 5.41 Å². The maximum absolute atomic E-state index is 4.63. The van der Waals surface area contributed by atoms with E-state index in [0.717, 1.165) is 36.2 Å². The first-order valence-electron chi connectivity index (χ1n) is 8.50. The first-order chi connectivity index (χ1) is 11.1. The van der Waals surface area contributed by atoms with Crippen molar-refractivity contribution in [2.75, 3.05) is 20.1 Å². The van der Waals surface area contributed by atoms with Crippen LogP contribution in [0.5, 0.6) is 0 Å². The monoisotopic (exact) mass is 461 g/mol. The van der Waals surface area contributed by atoms with Gasteiger partial charge in [-0.2, -0.15) is 0 Å². The number of likely N-dealkylation sites (tertiary alicyclic amines) is 1. The van der Waals surface area contributed by atoms with Gasteiger partial charge in [-0.15, -0.1) is 35.3 Å². The van der Waals surface area contributed by atoms with Crippen LogP contribution in [0.25, 0.3) is 4.96 Å². The van der Waals surface area contributed by atoms with Gasteiger partial charge in [0.1, 0.15) is 0 Å². The fraction of sp³-hybridized carbons (Fsp3) is 0.647. The minimum absolute atomic E-state index is 0. The molecule has 0 bridgehead atoms. The highest BCUT2D eigenvalue weighted by atomic mass is 127. The van der Waals surface area contributed by atoms with Crippen molar-refractivity contribution in [1.29, 1.82) is 0 Å². The van der Waals surface area contributed by atoms with E-state index in [1.165, 1.54) is 25.7 Å². The Bertz CT molecular complexity index is 647. The minimum atomic E-state index is 0. The molecule has 2 aromatic rings. The van der Waals surface area contributed by atoms with Crippen molar-refractivity contribution >= 4 is 46.2 Å². The van der Waals surface area contributed by atoms with E-state index in [-0.39, 0.29) is 24.0 Å². The summed E-state index contributed by atoms with van der Waals surface area (Å²) in [6.45, 7) is 7.61. The van der Waals surface area contributed by atoms with Crippen LogP contribution in [0.4, 0.5) is 0 Å². The fourth-order valence-corrected chi connectivity index (χ4v) is 4.39. The van der Waals surface area contributed by atoms with E-state index < -0.39 is 0 Å². The van der Waals surface area contributed by atoms with Gasteiger partial charge in [0.2, 0.25) is 0 Å². The minimum Gasteiger partial charge on any atom is -0.351 e. The lowest BCUT2D eigenvalue weighted by molar-refractivity contribution is 0.142. The van der Waals surface area contributed by atoms with Gasteiger partial charge in [0.15, 0.2) is 10.9 Å². The van der Waals surface area contributed by atoms with Crippen LogP contribution in [0.2, 0.25) is 0 Å². The molecule has 0 aromatic carbocycles. The van der Waals surface area contributed by atoms with Crippen LogP contribution in [-0.2, 0) is 6.54 Å². The van der Waals surface area contributed by atoms with Crippen molar-refractivity contribution in [1.82, 2.24) is 19.6 Å². The number of rotatable bonds is 4. The number of hydrogen-bond acceptors (Lipinski definition) is 3. The number of aromatic nitrogens is 2. The summed E-state index contributed by atoms with van der Waals surface area (Å²) in [4.78, 5) is 12.6. The van der Waals surface area contributed by atoms with Gasteiger partial charge in [-0.25, -0.2) is 4.98 Å². The number of nitrogens with one attached hydrogen (secondary N) is 1. The topological polar surface area (TPSA) is 44.9 Å². The number of imidazole rings is 1. The third kappa shape index (κ3) is 4.41. The average Bonchev–Trinajstić information content (AvgIpc) is 3.09. The molecule has 134 valence electrons. The lowest BCUT2D eigenvalue weighted by Gasteiger charge is -2.42. The van der Waals surface area contributed by atoms with Crippen molar-refractivity contribution in [3.05, 3.63) is 23.5 Å². The molecule has 2 aromatic heterocycles. The lowest BCUT2D eigenvalue weighted by Crippen LogP contribution is -2.49. The summed E-state index contributed by atoms with van der Waals surface area (Å²) in [5.74, 6) is 1.00. The molecule has 5 nitrogen and oxygen atoms in total. The van der Waals surface area contributed by atoms with Crippen molar-refractivity contribution in [2.24, 2.45) is 10.4 Å². The third-order valence-corrected chi connectivity index (χ3v) is 5.49. The van der Waals surface area contributed by atoms with E-state index in [4.69, 9.17) is 0 Å². The zero-order valence-electron chi connectivity index (χ0n) is 14.8. The highest BCUT2D eigenvalue weighted by Gasteiger charge is 2.31. The molecule has 1 atom stereocenters. The number of piperidine rings is 1. The number of hydrogen-bond donors (Lipinski definition) is 1. The highest BCUT2D eigenvalue weighted by molar-refractivity contribution is 14.0. The maximum atomic E-state index is 4.63. The van der Waals surface area contributed by atoms with Gasteiger partial charge in [-0.3, -0.25) is 9.39 Å². The molecule has 1 unspecified atom stereocenters. The second kappa shape index (κ2) is 8.51. The van der Waals surface area contributed by atoms with Crippen molar-refractivity contribution in [3.8, 4) is 0 Å². The Morgan fingerprint density at radius 2 is 2.33 bits per heavy atom. The quantitative estimate of drug-likeness (QED) is 0.426. The zero-order chi connectivity index (χ0) is 16.3. The Morgan fingerprint density at radius 1 is 1.50 bits per heavy atom. The Kier molecular flexibility index (Phi) is 6.91. The van der Waals surface area contributed by atoms with E-state index in [9.17, 15) is 0 Å². The van der Waals surface area contributed by atoms with Gasteiger partial charge in [0.05, 0.1) is 12.2 Å². The number of guanidine groups is 1. The van der Waals surface area contributed by atoms with Gasteiger partial charge < -0.3 is 10.2 Å². The lowest BCUT2D eigenvalue weighted by atomic mass is 9.78. The van der Waals surface area contributed by atoms with Crippen LogP contribution in [0.1, 0.15) is 45.2 Å². The summed E-state index contributed by atoms with van der Waals surface area (Å²) >= 11 is 1.66.